The topological polar surface area (TPSA) is 100 Å². The first-order valence-corrected chi connectivity index (χ1v) is 7.25. The van der Waals surface area contributed by atoms with Crippen molar-refractivity contribution in [2.75, 3.05) is 0 Å². The molecule has 4 aromatic heterocycles. The molecule has 0 amide bonds. The van der Waals surface area contributed by atoms with Gasteiger partial charge in [0, 0.05) is 24.2 Å². The lowest BCUT2D eigenvalue weighted by Gasteiger charge is -2.03. The fraction of sp³-hybridized carbons (Fsp3) is 0.133. The first-order chi connectivity index (χ1) is 11.7. The smallest absolute Gasteiger partial charge is 0.295 e. The van der Waals surface area contributed by atoms with Gasteiger partial charge in [-0.2, -0.15) is 0 Å². The van der Waals surface area contributed by atoms with Crippen molar-refractivity contribution in [2.45, 2.75) is 13.1 Å². The molecule has 0 aliphatic carbocycles. The first-order valence-electron chi connectivity index (χ1n) is 7.25. The molecule has 24 heavy (non-hydrogen) atoms. The number of hydrogen-bond acceptors (Lipinski definition) is 6. The third-order valence-corrected chi connectivity index (χ3v) is 3.63. The molecule has 4 aromatic rings. The van der Waals surface area contributed by atoms with Crippen molar-refractivity contribution in [3.63, 3.8) is 0 Å². The number of fused-ring (bicyclic) bond motifs is 1. The average molecular weight is 324 g/mol. The SMILES string of the molecule is O=c1onc(-c2cccnc2)n1CCn1nc2ccccn2c1=O. The van der Waals surface area contributed by atoms with Crippen LogP contribution in [0.5, 0.6) is 0 Å². The molecule has 0 spiro atoms. The largest absolute Gasteiger partial charge is 0.441 e. The molecule has 0 aromatic carbocycles. The Kier molecular flexibility index (Phi) is 3.30. The summed E-state index contributed by atoms with van der Waals surface area (Å²) in [5.74, 6) is -0.226. The zero-order valence-corrected chi connectivity index (χ0v) is 12.4. The summed E-state index contributed by atoms with van der Waals surface area (Å²) >= 11 is 0. The molecule has 0 N–H and O–H groups in total. The van der Waals surface area contributed by atoms with Crippen molar-refractivity contribution in [3.8, 4) is 11.4 Å². The summed E-state index contributed by atoms with van der Waals surface area (Å²) in [7, 11) is 0. The quantitative estimate of drug-likeness (QED) is 0.539. The van der Waals surface area contributed by atoms with Crippen LogP contribution in [-0.4, -0.2) is 28.9 Å². The third kappa shape index (κ3) is 2.32. The van der Waals surface area contributed by atoms with E-state index in [-0.39, 0.29) is 18.8 Å². The molecule has 0 atom stereocenters. The van der Waals surface area contributed by atoms with Crippen LogP contribution in [0.1, 0.15) is 0 Å². The van der Waals surface area contributed by atoms with Gasteiger partial charge in [0.25, 0.3) is 0 Å². The van der Waals surface area contributed by atoms with E-state index in [1.54, 1.807) is 48.9 Å². The van der Waals surface area contributed by atoms with Crippen molar-refractivity contribution < 1.29 is 4.52 Å². The lowest BCUT2D eigenvalue weighted by Crippen LogP contribution is -2.26. The van der Waals surface area contributed by atoms with Crippen LogP contribution in [0.25, 0.3) is 17.0 Å². The number of pyridine rings is 2. The predicted octanol–water partition coefficient (Wildman–Crippen LogP) is 0.408. The number of nitrogens with zero attached hydrogens (tertiary/aromatic N) is 6. The number of aryl methyl sites for hydroxylation is 1. The molecule has 120 valence electrons. The minimum absolute atomic E-state index is 0.205. The zero-order chi connectivity index (χ0) is 16.5. The highest BCUT2D eigenvalue weighted by atomic mass is 16.5. The average Bonchev–Trinajstić information content (AvgIpc) is 3.14. The molecule has 0 unspecified atom stereocenters. The Bertz CT molecular complexity index is 1110. The van der Waals surface area contributed by atoms with Gasteiger partial charge in [-0.3, -0.25) is 18.5 Å². The zero-order valence-electron chi connectivity index (χ0n) is 12.4. The van der Waals surface area contributed by atoms with Gasteiger partial charge in [0.1, 0.15) is 0 Å². The molecule has 0 aliphatic rings. The van der Waals surface area contributed by atoms with Crippen LogP contribution in [0.15, 0.2) is 63.0 Å². The lowest BCUT2D eigenvalue weighted by molar-refractivity contribution is 0.371. The molecule has 0 radical (unpaired) electrons. The van der Waals surface area contributed by atoms with Crippen molar-refractivity contribution in [1.29, 1.82) is 0 Å². The highest BCUT2D eigenvalue weighted by molar-refractivity contribution is 5.52. The second-order valence-corrected chi connectivity index (χ2v) is 5.10. The third-order valence-electron chi connectivity index (χ3n) is 3.63. The van der Waals surface area contributed by atoms with Crippen LogP contribution >= 0.6 is 0 Å². The number of hydrogen-bond donors (Lipinski definition) is 0. The Morgan fingerprint density at radius 3 is 2.79 bits per heavy atom. The fourth-order valence-corrected chi connectivity index (χ4v) is 2.48. The molecule has 0 saturated heterocycles. The molecule has 9 nitrogen and oxygen atoms in total. The van der Waals surface area contributed by atoms with Crippen LogP contribution in [-0.2, 0) is 13.1 Å². The van der Waals surface area contributed by atoms with Gasteiger partial charge >= 0.3 is 11.4 Å². The van der Waals surface area contributed by atoms with Gasteiger partial charge < -0.3 is 0 Å². The predicted molar refractivity (Wildman–Crippen MR) is 83.4 cm³/mol. The van der Waals surface area contributed by atoms with Crippen molar-refractivity contribution in [1.82, 2.24) is 28.9 Å². The molecule has 0 aliphatic heterocycles. The summed E-state index contributed by atoms with van der Waals surface area (Å²) in [4.78, 5) is 28.2. The summed E-state index contributed by atoms with van der Waals surface area (Å²) < 4.78 is 8.85. The number of aromatic nitrogens is 6. The summed E-state index contributed by atoms with van der Waals surface area (Å²) in [6.07, 6.45) is 4.86. The van der Waals surface area contributed by atoms with E-state index in [9.17, 15) is 9.59 Å². The maximum absolute atomic E-state index is 12.3. The summed E-state index contributed by atoms with van der Waals surface area (Å²) in [6.45, 7) is 0.422. The molecular weight excluding hydrogens is 312 g/mol. The van der Waals surface area contributed by atoms with Gasteiger partial charge in [-0.05, 0) is 24.3 Å². The highest BCUT2D eigenvalue weighted by Gasteiger charge is 2.14. The summed E-state index contributed by atoms with van der Waals surface area (Å²) in [6, 6.07) is 8.82. The van der Waals surface area contributed by atoms with E-state index in [2.05, 4.69) is 15.2 Å². The van der Waals surface area contributed by atoms with E-state index < -0.39 is 5.76 Å². The van der Waals surface area contributed by atoms with Crippen LogP contribution in [0, 0.1) is 0 Å². The molecule has 0 saturated carbocycles. The van der Waals surface area contributed by atoms with Crippen molar-refractivity contribution in [2.24, 2.45) is 0 Å². The maximum atomic E-state index is 12.3. The Hall–Kier alpha value is -3.49. The maximum Gasteiger partial charge on any atom is 0.441 e. The van der Waals surface area contributed by atoms with Crippen LogP contribution < -0.4 is 11.4 Å². The Morgan fingerprint density at radius 2 is 2.00 bits per heavy atom. The van der Waals surface area contributed by atoms with E-state index in [1.807, 2.05) is 0 Å². The fourth-order valence-electron chi connectivity index (χ4n) is 2.48. The molecule has 0 fully saturated rings. The van der Waals surface area contributed by atoms with E-state index in [0.29, 0.717) is 17.0 Å². The summed E-state index contributed by atoms with van der Waals surface area (Å²) in [5.41, 5.74) is 0.941. The Labute approximate surface area is 134 Å². The molecule has 9 heteroatoms. The van der Waals surface area contributed by atoms with Crippen LogP contribution in [0.4, 0.5) is 0 Å². The van der Waals surface area contributed by atoms with Gasteiger partial charge in [-0.15, -0.1) is 5.10 Å². The molecular formula is C15H12N6O3. The van der Waals surface area contributed by atoms with Gasteiger partial charge in [-0.25, -0.2) is 14.3 Å². The lowest BCUT2D eigenvalue weighted by atomic mass is 10.3. The minimum atomic E-state index is -0.592. The molecule has 4 heterocycles. The molecule has 0 bridgehead atoms. The van der Waals surface area contributed by atoms with Gasteiger partial charge in [0.2, 0.25) is 0 Å². The Balaban J connectivity index is 1.67. The van der Waals surface area contributed by atoms with E-state index in [4.69, 9.17) is 4.52 Å². The number of rotatable bonds is 4. The normalized spacial score (nSPS) is 11.2. The minimum Gasteiger partial charge on any atom is -0.295 e. The van der Waals surface area contributed by atoms with E-state index in [1.165, 1.54) is 13.6 Å². The van der Waals surface area contributed by atoms with Gasteiger partial charge in [-0.1, -0.05) is 11.2 Å². The highest BCUT2D eigenvalue weighted by Crippen LogP contribution is 2.13. The van der Waals surface area contributed by atoms with Crippen LogP contribution in [0.2, 0.25) is 0 Å². The first kappa shape index (κ1) is 14.1. The second kappa shape index (κ2) is 5.61. The van der Waals surface area contributed by atoms with Gasteiger partial charge in [0.15, 0.2) is 11.5 Å². The van der Waals surface area contributed by atoms with Crippen LogP contribution in [0.3, 0.4) is 0 Å². The second-order valence-electron chi connectivity index (χ2n) is 5.10. The van der Waals surface area contributed by atoms with E-state index in [0.717, 1.165) is 0 Å². The van der Waals surface area contributed by atoms with Crippen molar-refractivity contribution in [3.05, 3.63) is 70.0 Å². The van der Waals surface area contributed by atoms with Gasteiger partial charge in [0.05, 0.1) is 13.1 Å². The van der Waals surface area contributed by atoms with Crippen molar-refractivity contribution >= 4 is 5.65 Å². The molecule has 4 rings (SSSR count). The van der Waals surface area contributed by atoms with E-state index >= 15 is 0 Å². The Morgan fingerprint density at radius 1 is 1.08 bits per heavy atom. The summed E-state index contributed by atoms with van der Waals surface area (Å²) in [5, 5.41) is 8.02. The standard InChI is InChI=1S/C15H12N6O3/c22-14-19-7-2-1-5-12(19)17-21(14)9-8-20-13(18-24-15(20)23)11-4-3-6-16-10-11/h1-7,10H,8-9H2. The monoisotopic (exact) mass is 324 g/mol.